The minimum atomic E-state index is -0.259. The number of anilines is 2. The van der Waals surface area contributed by atoms with Gasteiger partial charge in [0.25, 0.3) is 5.91 Å². The molecule has 0 saturated carbocycles. The highest BCUT2D eigenvalue weighted by Crippen LogP contribution is 2.12. The van der Waals surface area contributed by atoms with Gasteiger partial charge in [0, 0.05) is 0 Å². The van der Waals surface area contributed by atoms with Crippen LogP contribution in [0.5, 0.6) is 0 Å². The summed E-state index contributed by atoms with van der Waals surface area (Å²) >= 11 is 1.05. The number of rotatable bonds is 2. The van der Waals surface area contributed by atoms with Gasteiger partial charge in [-0.1, -0.05) is 4.49 Å². The van der Waals surface area contributed by atoms with Crippen LogP contribution in [-0.4, -0.2) is 20.5 Å². The van der Waals surface area contributed by atoms with Crippen molar-refractivity contribution < 1.29 is 4.79 Å². The molecule has 0 atom stereocenters. The van der Waals surface area contributed by atoms with E-state index in [4.69, 9.17) is 5.73 Å². The number of nitrogens with zero attached hydrogens (tertiary/aromatic N) is 3. The average molecular weight is 235 g/mol. The molecule has 0 aromatic carbocycles. The fourth-order valence-corrected chi connectivity index (χ4v) is 1.64. The van der Waals surface area contributed by atoms with Crippen molar-refractivity contribution in [3.63, 3.8) is 0 Å². The smallest absolute Gasteiger partial charge is 0.270 e. The molecular weight excluding hydrogens is 226 g/mol. The fraction of sp³-hybridized carbons (Fsp3) is 0.111. The first-order valence-electron chi connectivity index (χ1n) is 4.48. The summed E-state index contributed by atoms with van der Waals surface area (Å²) in [6.07, 6.45) is 1.48. The number of nitrogens with one attached hydrogen (secondary N) is 1. The van der Waals surface area contributed by atoms with E-state index in [2.05, 4.69) is 19.9 Å². The van der Waals surface area contributed by atoms with E-state index in [1.54, 1.807) is 19.1 Å². The summed E-state index contributed by atoms with van der Waals surface area (Å²) in [5, 5.41) is 6.40. The second-order valence-electron chi connectivity index (χ2n) is 3.12. The molecule has 0 aliphatic heterocycles. The fourth-order valence-electron chi connectivity index (χ4n) is 1.09. The number of hydrogen-bond donors (Lipinski definition) is 2. The Balaban J connectivity index is 2.14. The topological polar surface area (TPSA) is 93.8 Å². The molecule has 7 heteroatoms. The van der Waals surface area contributed by atoms with Crippen LogP contribution in [0.15, 0.2) is 18.3 Å². The van der Waals surface area contributed by atoms with Crippen LogP contribution < -0.4 is 11.1 Å². The molecule has 82 valence electrons. The molecule has 0 unspecified atom stereocenters. The van der Waals surface area contributed by atoms with E-state index in [0.29, 0.717) is 22.1 Å². The van der Waals surface area contributed by atoms with Gasteiger partial charge in [0.15, 0.2) is 0 Å². The van der Waals surface area contributed by atoms with Crippen LogP contribution in [0.3, 0.4) is 0 Å². The van der Waals surface area contributed by atoms with E-state index in [1.165, 1.54) is 6.20 Å². The van der Waals surface area contributed by atoms with E-state index in [9.17, 15) is 4.79 Å². The van der Waals surface area contributed by atoms with Gasteiger partial charge in [-0.2, -0.15) is 0 Å². The zero-order valence-corrected chi connectivity index (χ0v) is 9.28. The first-order chi connectivity index (χ1) is 7.66. The van der Waals surface area contributed by atoms with E-state index in [-0.39, 0.29) is 5.91 Å². The summed E-state index contributed by atoms with van der Waals surface area (Å²) < 4.78 is 3.69. The summed E-state index contributed by atoms with van der Waals surface area (Å²) in [7, 11) is 0. The third-order valence-corrected chi connectivity index (χ3v) is 2.71. The number of aryl methyl sites for hydroxylation is 1. The lowest BCUT2D eigenvalue weighted by atomic mass is 10.3. The number of nitrogens with two attached hydrogens (primary N) is 1. The van der Waals surface area contributed by atoms with Crippen LogP contribution in [0, 0.1) is 6.92 Å². The first kappa shape index (κ1) is 10.5. The molecule has 0 spiro atoms. The van der Waals surface area contributed by atoms with Crippen molar-refractivity contribution in [2.75, 3.05) is 11.1 Å². The lowest BCUT2D eigenvalue weighted by Gasteiger charge is -2.02. The minimum absolute atomic E-state index is 0.259. The Kier molecular flexibility index (Phi) is 2.78. The van der Waals surface area contributed by atoms with Crippen molar-refractivity contribution in [1.29, 1.82) is 0 Å². The van der Waals surface area contributed by atoms with Crippen molar-refractivity contribution in [3.8, 4) is 0 Å². The maximum absolute atomic E-state index is 11.7. The summed E-state index contributed by atoms with van der Waals surface area (Å²) in [4.78, 5) is 16.2. The van der Waals surface area contributed by atoms with Crippen LogP contribution in [0.2, 0.25) is 0 Å². The van der Waals surface area contributed by atoms with Crippen LogP contribution >= 0.6 is 11.5 Å². The standard InChI is InChI=1S/C9H9N5OS/c1-5-8(16-14-13-5)9(15)12-7-3-2-6(10)4-11-7/h2-4H,10H2,1H3,(H,11,12,15). The van der Waals surface area contributed by atoms with E-state index in [0.717, 1.165) is 11.5 Å². The molecule has 0 bridgehead atoms. The minimum Gasteiger partial charge on any atom is -0.397 e. The molecule has 2 rings (SSSR count). The Labute approximate surface area is 95.7 Å². The van der Waals surface area contributed by atoms with Crippen LogP contribution in [0.4, 0.5) is 11.5 Å². The molecule has 0 fully saturated rings. The van der Waals surface area contributed by atoms with Gasteiger partial charge in [0.2, 0.25) is 0 Å². The second-order valence-corrected chi connectivity index (χ2v) is 3.87. The van der Waals surface area contributed by atoms with Crippen molar-refractivity contribution in [3.05, 3.63) is 28.9 Å². The zero-order valence-electron chi connectivity index (χ0n) is 8.47. The summed E-state index contributed by atoms with van der Waals surface area (Å²) in [6.45, 7) is 1.73. The predicted octanol–water partition coefficient (Wildman–Crippen LogP) is 1.08. The largest absolute Gasteiger partial charge is 0.397 e. The highest BCUT2D eigenvalue weighted by atomic mass is 32.1. The van der Waals surface area contributed by atoms with Crippen molar-refractivity contribution in [1.82, 2.24) is 14.6 Å². The number of hydrogen-bond acceptors (Lipinski definition) is 6. The molecule has 1 amide bonds. The molecule has 2 heterocycles. The van der Waals surface area contributed by atoms with Gasteiger partial charge in [-0.3, -0.25) is 4.79 Å². The Bertz CT molecular complexity index is 507. The summed E-state index contributed by atoms with van der Waals surface area (Å²) in [6, 6.07) is 3.30. The van der Waals surface area contributed by atoms with E-state index < -0.39 is 0 Å². The Morgan fingerprint density at radius 1 is 1.50 bits per heavy atom. The lowest BCUT2D eigenvalue weighted by molar-refractivity contribution is 0.102. The van der Waals surface area contributed by atoms with Gasteiger partial charge < -0.3 is 11.1 Å². The van der Waals surface area contributed by atoms with Gasteiger partial charge in [0.1, 0.15) is 10.7 Å². The monoisotopic (exact) mass is 235 g/mol. The molecule has 2 aromatic rings. The van der Waals surface area contributed by atoms with Crippen LogP contribution in [-0.2, 0) is 0 Å². The molecule has 6 nitrogen and oxygen atoms in total. The van der Waals surface area contributed by atoms with E-state index in [1.807, 2.05) is 0 Å². The number of amides is 1. The summed E-state index contributed by atoms with van der Waals surface area (Å²) in [5.74, 6) is 0.191. The molecule has 0 saturated heterocycles. The molecule has 2 aromatic heterocycles. The molecular formula is C9H9N5OS. The predicted molar refractivity (Wildman–Crippen MR) is 61.2 cm³/mol. The molecule has 16 heavy (non-hydrogen) atoms. The second kappa shape index (κ2) is 4.23. The normalized spacial score (nSPS) is 10.1. The maximum atomic E-state index is 11.7. The highest BCUT2D eigenvalue weighted by molar-refractivity contribution is 7.08. The molecule has 0 radical (unpaired) electrons. The Morgan fingerprint density at radius 2 is 2.31 bits per heavy atom. The van der Waals surface area contributed by atoms with E-state index >= 15 is 0 Å². The molecule has 0 aliphatic rings. The van der Waals surface area contributed by atoms with Crippen molar-refractivity contribution in [2.24, 2.45) is 0 Å². The maximum Gasteiger partial charge on any atom is 0.270 e. The van der Waals surface area contributed by atoms with Gasteiger partial charge in [-0.25, -0.2) is 4.98 Å². The van der Waals surface area contributed by atoms with Gasteiger partial charge >= 0.3 is 0 Å². The van der Waals surface area contributed by atoms with Crippen molar-refractivity contribution >= 4 is 28.9 Å². The average Bonchev–Trinajstić information content (AvgIpc) is 2.68. The van der Waals surface area contributed by atoms with Crippen LogP contribution in [0.1, 0.15) is 15.4 Å². The lowest BCUT2D eigenvalue weighted by Crippen LogP contribution is -2.12. The number of carbonyl (C=O) groups is 1. The van der Waals surface area contributed by atoms with Gasteiger partial charge in [-0.15, -0.1) is 5.10 Å². The van der Waals surface area contributed by atoms with Crippen LogP contribution in [0.25, 0.3) is 0 Å². The molecule has 0 aliphatic carbocycles. The van der Waals surface area contributed by atoms with Crippen molar-refractivity contribution in [2.45, 2.75) is 6.92 Å². The summed E-state index contributed by atoms with van der Waals surface area (Å²) in [5.41, 5.74) is 6.64. The third-order valence-electron chi connectivity index (χ3n) is 1.89. The van der Waals surface area contributed by atoms with Gasteiger partial charge in [0.05, 0.1) is 17.6 Å². The third kappa shape index (κ3) is 2.14. The highest BCUT2D eigenvalue weighted by Gasteiger charge is 2.13. The Morgan fingerprint density at radius 3 is 2.88 bits per heavy atom. The number of carbonyl (C=O) groups excluding carboxylic acids is 1. The zero-order chi connectivity index (χ0) is 11.5. The van der Waals surface area contributed by atoms with Gasteiger partial charge in [-0.05, 0) is 30.6 Å². The first-order valence-corrected chi connectivity index (χ1v) is 5.26. The number of nitrogen functional groups attached to an aromatic ring is 1. The number of pyridine rings is 1. The SMILES string of the molecule is Cc1nnsc1C(=O)Nc1ccc(N)cn1. The quantitative estimate of drug-likeness (QED) is 0.812. The Hall–Kier alpha value is -2.02. The molecule has 3 N–H and O–H groups in total. The number of aromatic nitrogens is 3.